The van der Waals surface area contributed by atoms with Gasteiger partial charge in [-0.3, -0.25) is 9.88 Å². The van der Waals surface area contributed by atoms with E-state index in [-0.39, 0.29) is 0 Å². The summed E-state index contributed by atoms with van der Waals surface area (Å²) in [5.74, 6) is 0. The van der Waals surface area contributed by atoms with Gasteiger partial charge in [-0.1, -0.05) is 26.8 Å². The molecule has 0 amide bonds. The Bertz CT molecular complexity index is 291. The summed E-state index contributed by atoms with van der Waals surface area (Å²) in [6, 6.07) is 4.32. The Hall–Kier alpha value is -0.930. The third-order valence-corrected chi connectivity index (χ3v) is 2.92. The summed E-state index contributed by atoms with van der Waals surface area (Å²) < 4.78 is 0. The molecule has 1 N–H and O–H groups in total. The Morgan fingerprint density at radius 3 is 2.47 bits per heavy atom. The first kappa shape index (κ1) is 14.1. The highest BCUT2D eigenvalue weighted by molar-refractivity contribution is 5.13. The Labute approximate surface area is 105 Å². The molecule has 3 heteroatoms. The monoisotopic (exact) mass is 235 g/mol. The van der Waals surface area contributed by atoms with E-state index in [0.29, 0.717) is 0 Å². The third-order valence-electron chi connectivity index (χ3n) is 2.92. The highest BCUT2D eigenvalue weighted by atomic mass is 15.1. The molecule has 1 heterocycles. The van der Waals surface area contributed by atoms with Gasteiger partial charge in [-0.15, -0.1) is 0 Å². The van der Waals surface area contributed by atoms with Gasteiger partial charge in [0.1, 0.15) is 0 Å². The number of aromatic nitrogens is 1. The van der Waals surface area contributed by atoms with E-state index in [9.17, 15) is 0 Å². The summed E-state index contributed by atoms with van der Waals surface area (Å²) >= 11 is 0. The van der Waals surface area contributed by atoms with Crippen LogP contribution in [0.2, 0.25) is 0 Å². The molecule has 0 fully saturated rings. The number of nitrogens with one attached hydrogen (secondary N) is 1. The Kier molecular flexibility index (Phi) is 6.82. The minimum absolute atomic E-state index is 0.923. The van der Waals surface area contributed by atoms with E-state index in [1.165, 1.54) is 12.0 Å². The molecule has 0 unspecified atom stereocenters. The molecular formula is C14H25N3. The topological polar surface area (TPSA) is 28.2 Å². The van der Waals surface area contributed by atoms with Crippen molar-refractivity contribution in [3.05, 3.63) is 29.6 Å². The number of hydrogen-bond donors (Lipinski definition) is 1. The summed E-state index contributed by atoms with van der Waals surface area (Å²) in [6.07, 6.45) is 3.16. The SMILES string of the molecule is CCCNCc1ccc(CN(CC)CC)nc1. The van der Waals surface area contributed by atoms with Crippen molar-refractivity contribution in [2.45, 2.75) is 40.3 Å². The van der Waals surface area contributed by atoms with Crippen LogP contribution < -0.4 is 5.32 Å². The lowest BCUT2D eigenvalue weighted by Crippen LogP contribution is -2.22. The molecule has 3 nitrogen and oxygen atoms in total. The Balaban J connectivity index is 2.44. The smallest absolute Gasteiger partial charge is 0.0544 e. The van der Waals surface area contributed by atoms with Crippen molar-refractivity contribution in [1.29, 1.82) is 0 Å². The lowest BCUT2D eigenvalue weighted by atomic mass is 10.2. The van der Waals surface area contributed by atoms with Crippen LogP contribution in [0.15, 0.2) is 18.3 Å². The van der Waals surface area contributed by atoms with Crippen molar-refractivity contribution in [3.8, 4) is 0 Å². The van der Waals surface area contributed by atoms with Gasteiger partial charge in [-0.2, -0.15) is 0 Å². The highest BCUT2D eigenvalue weighted by Gasteiger charge is 2.02. The molecule has 0 aliphatic carbocycles. The fraction of sp³-hybridized carbons (Fsp3) is 0.643. The maximum atomic E-state index is 4.51. The first-order chi connectivity index (χ1) is 8.30. The van der Waals surface area contributed by atoms with Crippen LogP contribution in [-0.2, 0) is 13.1 Å². The van der Waals surface area contributed by atoms with Gasteiger partial charge in [0.05, 0.1) is 5.69 Å². The van der Waals surface area contributed by atoms with Gasteiger partial charge in [-0.25, -0.2) is 0 Å². The van der Waals surface area contributed by atoms with E-state index in [4.69, 9.17) is 0 Å². The van der Waals surface area contributed by atoms with Gasteiger partial charge < -0.3 is 5.32 Å². The van der Waals surface area contributed by atoms with Crippen LogP contribution in [0, 0.1) is 0 Å². The second-order valence-electron chi connectivity index (χ2n) is 4.30. The van der Waals surface area contributed by atoms with Crippen LogP contribution in [0.4, 0.5) is 0 Å². The van der Waals surface area contributed by atoms with Crippen molar-refractivity contribution in [2.75, 3.05) is 19.6 Å². The van der Waals surface area contributed by atoms with Crippen LogP contribution in [0.5, 0.6) is 0 Å². The molecule has 1 aromatic heterocycles. The summed E-state index contributed by atoms with van der Waals surface area (Å²) in [7, 11) is 0. The van der Waals surface area contributed by atoms with E-state index < -0.39 is 0 Å². The van der Waals surface area contributed by atoms with Crippen LogP contribution in [0.1, 0.15) is 38.4 Å². The maximum Gasteiger partial charge on any atom is 0.0544 e. The molecule has 0 aliphatic rings. The number of nitrogens with zero attached hydrogens (tertiary/aromatic N) is 2. The minimum Gasteiger partial charge on any atom is -0.313 e. The summed E-state index contributed by atoms with van der Waals surface area (Å²) in [5, 5.41) is 3.38. The molecular weight excluding hydrogens is 210 g/mol. The van der Waals surface area contributed by atoms with Gasteiger partial charge in [0.15, 0.2) is 0 Å². The Morgan fingerprint density at radius 2 is 1.94 bits per heavy atom. The second kappa shape index (κ2) is 8.20. The highest BCUT2D eigenvalue weighted by Crippen LogP contribution is 2.03. The molecule has 0 aliphatic heterocycles. The molecule has 96 valence electrons. The zero-order valence-electron chi connectivity index (χ0n) is 11.4. The predicted octanol–water partition coefficient (Wildman–Crippen LogP) is 2.42. The average molecular weight is 235 g/mol. The molecule has 17 heavy (non-hydrogen) atoms. The van der Waals surface area contributed by atoms with Gasteiger partial charge in [0.2, 0.25) is 0 Å². The number of pyridine rings is 1. The zero-order valence-corrected chi connectivity index (χ0v) is 11.4. The molecule has 0 saturated carbocycles. The van der Waals surface area contributed by atoms with Gasteiger partial charge >= 0.3 is 0 Å². The largest absolute Gasteiger partial charge is 0.313 e. The van der Waals surface area contributed by atoms with Crippen molar-refractivity contribution in [2.24, 2.45) is 0 Å². The minimum atomic E-state index is 0.923. The Morgan fingerprint density at radius 1 is 1.18 bits per heavy atom. The molecule has 0 spiro atoms. The van der Waals surface area contributed by atoms with E-state index in [1.54, 1.807) is 0 Å². The fourth-order valence-electron chi connectivity index (χ4n) is 1.74. The van der Waals surface area contributed by atoms with Gasteiger partial charge in [-0.05, 0) is 37.7 Å². The van der Waals surface area contributed by atoms with Crippen LogP contribution in [-0.4, -0.2) is 29.5 Å². The number of hydrogen-bond acceptors (Lipinski definition) is 3. The van der Waals surface area contributed by atoms with Gasteiger partial charge in [0.25, 0.3) is 0 Å². The number of rotatable bonds is 8. The average Bonchev–Trinajstić information content (AvgIpc) is 2.38. The quantitative estimate of drug-likeness (QED) is 0.701. The third kappa shape index (κ3) is 5.29. The van der Waals surface area contributed by atoms with Gasteiger partial charge in [0, 0.05) is 19.3 Å². The standard InChI is InChI=1S/C14H25N3/c1-4-9-15-10-13-7-8-14(16-11-13)12-17(5-2)6-3/h7-8,11,15H,4-6,9-10,12H2,1-3H3. The zero-order chi connectivity index (χ0) is 12.5. The van der Waals surface area contributed by atoms with E-state index >= 15 is 0 Å². The predicted molar refractivity (Wildman–Crippen MR) is 72.9 cm³/mol. The van der Waals surface area contributed by atoms with Crippen molar-refractivity contribution >= 4 is 0 Å². The first-order valence-corrected chi connectivity index (χ1v) is 6.67. The lowest BCUT2D eigenvalue weighted by Gasteiger charge is -2.17. The molecule has 0 atom stereocenters. The van der Waals surface area contributed by atoms with Crippen LogP contribution in [0.25, 0.3) is 0 Å². The molecule has 0 aromatic carbocycles. The van der Waals surface area contributed by atoms with E-state index in [2.05, 4.69) is 48.1 Å². The lowest BCUT2D eigenvalue weighted by molar-refractivity contribution is 0.292. The van der Waals surface area contributed by atoms with Crippen LogP contribution >= 0.6 is 0 Å². The summed E-state index contributed by atoms with van der Waals surface area (Å²) in [5.41, 5.74) is 2.43. The summed E-state index contributed by atoms with van der Waals surface area (Å²) in [6.45, 7) is 11.7. The van der Waals surface area contributed by atoms with Crippen molar-refractivity contribution in [3.63, 3.8) is 0 Å². The van der Waals surface area contributed by atoms with Crippen molar-refractivity contribution < 1.29 is 0 Å². The molecule has 0 bridgehead atoms. The first-order valence-electron chi connectivity index (χ1n) is 6.67. The second-order valence-corrected chi connectivity index (χ2v) is 4.30. The normalized spacial score (nSPS) is 11.1. The molecule has 0 radical (unpaired) electrons. The molecule has 0 saturated heterocycles. The van der Waals surface area contributed by atoms with Crippen molar-refractivity contribution in [1.82, 2.24) is 15.2 Å². The molecule has 1 aromatic rings. The van der Waals surface area contributed by atoms with E-state index in [0.717, 1.165) is 38.4 Å². The maximum absolute atomic E-state index is 4.51. The van der Waals surface area contributed by atoms with E-state index in [1.807, 2.05) is 6.20 Å². The summed E-state index contributed by atoms with van der Waals surface area (Å²) in [4.78, 5) is 6.88. The van der Waals surface area contributed by atoms with Crippen LogP contribution in [0.3, 0.4) is 0 Å². The fourth-order valence-corrected chi connectivity index (χ4v) is 1.74. The molecule has 1 rings (SSSR count).